The van der Waals surface area contributed by atoms with Crippen LogP contribution in [0.25, 0.3) is 0 Å². The largest absolute Gasteiger partial charge is 0.469 e. The number of allylic oxidation sites excluding steroid dienone is 2. The third-order valence-corrected chi connectivity index (χ3v) is 7.02. The summed E-state index contributed by atoms with van der Waals surface area (Å²) < 4.78 is 17.0. The Labute approximate surface area is 212 Å². The Morgan fingerprint density at radius 3 is 1.50 bits per heavy atom. The van der Waals surface area contributed by atoms with Crippen molar-refractivity contribution in [1.82, 2.24) is 0 Å². The highest BCUT2D eigenvalue weighted by Gasteiger charge is 2.23. The van der Waals surface area contributed by atoms with Gasteiger partial charge in [0.2, 0.25) is 0 Å². The zero-order valence-corrected chi connectivity index (χ0v) is 24.1. The summed E-state index contributed by atoms with van der Waals surface area (Å²) in [6.07, 6.45) is 29.3. The third kappa shape index (κ3) is 28.1. The van der Waals surface area contributed by atoms with Crippen molar-refractivity contribution in [3.63, 3.8) is 0 Å². The number of phosphoric ester groups is 1. The minimum Gasteiger partial charge on any atom is -0.331 e. The van der Waals surface area contributed by atoms with Crippen LogP contribution in [0.2, 0.25) is 0 Å². The van der Waals surface area contributed by atoms with Gasteiger partial charge < -0.3 is 14.3 Å². The smallest absolute Gasteiger partial charge is 0.331 e. The predicted molar refractivity (Wildman–Crippen MR) is 147 cm³/mol. The van der Waals surface area contributed by atoms with Crippen molar-refractivity contribution in [2.75, 3.05) is 27.7 Å². The Hall–Kier alpha value is -0.190. The van der Waals surface area contributed by atoms with Crippen LogP contribution in [0, 0.1) is 0 Å². The van der Waals surface area contributed by atoms with E-state index in [2.05, 4.69) is 40.2 Å². The minimum absolute atomic E-state index is 0.344. The second-order valence-electron chi connectivity index (χ2n) is 11.2. The van der Waals surface area contributed by atoms with Gasteiger partial charge >= 0.3 is 7.82 Å². The van der Waals surface area contributed by atoms with E-state index in [1.54, 1.807) is 0 Å². The van der Waals surface area contributed by atoms with Crippen LogP contribution in [0.15, 0.2) is 12.2 Å². The molecule has 0 amide bonds. The monoisotopic (exact) mass is 504 g/mol. The van der Waals surface area contributed by atoms with Crippen molar-refractivity contribution in [3.05, 3.63) is 12.2 Å². The van der Waals surface area contributed by atoms with Crippen LogP contribution >= 0.6 is 7.82 Å². The average molecular weight is 505 g/mol. The fraction of sp³-hybridized carbons (Fsp3) is 0.929. The lowest BCUT2D eigenvalue weighted by Crippen LogP contribution is -2.37. The van der Waals surface area contributed by atoms with Crippen molar-refractivity contribution in [2.45, 2.75) is 141 Å². The van der Waals surface area contributed by atoms with E-state index in [-0.39, 0.29) is 6.10 Å². The molecule has 0 aliphatic rings. The maximum Gasteiger partial charge on any atom is 0.469 e. The molecule has 0 spiro atoms. The molecule has 1 atom stereocenters. The first-order valence-corrected chi connectivity index (χ1v) is 15.9. The highest BCUT2D eigenvalue weighted by atomic mass is 31.2. The van der Waals surface area contributed by atoms with Gasteiger partial charge in [0.15, 0.2) is 0 Å². The third-order valence-electron chi connectivity index (χ3n) is 6.45. The summed E-state index contributed by atoms with van der Waals surface area (Å²) >= 11 is 0. The van der Waals surface area contributed by atoms with E-state index in [1.165, 1.54) is 103 Å². The summed E-state index contributed by atoms with van der Waals surface area (Å²) in [4.78, 5) is 18.3. The molecule has 0 aromatic heterocycles. The summed E-state index contributed by atoms with van der Waals surface area (Å²) in [6, 6.07) is 0. The van der Waals surface area contributed by atoms with Crippen molar-refractivity contribution < 1.29 is 23.4 Å². The topological polar surface area (TPSA) is 66.8 Å². The van der Waals surface area contributed by atoms with Crippen LogP contribution in [0.1, 0.15) is 135 Å². The predicted octanol–water partition coefficient (Wildman–Crippen LogP) is 8.55. The first-order chi connectivity index (χ1) is 16.1. The van der Waals surface area contributed by atoms with Crippen molar-refractivity contribution >= 4 is 7.82 Å². The maximum absolute atomic E-state index is 11.2. The van der Waals surface area contributed by atoms with Crippen molar-refractivity contribution in [3.8, 4) is 0 Å². The average Bonchev–Trinajstić information content (AvgIpc) is 2.74. The highest BCUT2D eigenvalue weighted by molar-refractivity contribution is 7.46. The van der Waals surface area contributed by atoms with E-state index in [4.69, 9.17) is 14.3 Å². The first kappa shape index (κ1) is 33.8. The standard InChI is InChI=1S/C28H58NO4P/c1-5-6-7-8-9-10-11-12-13-14-15-16-17-18-19-20-21-22-23-24-25-28(33-34(30,31)32)26-27-29(2,3)4/h12-13,28H,5-11,14-27H2,1-4H3,(H-,30,31,32)/p+1/b13-12-. The molecule has 0 rings (SSSR count). The number of hydrogen-bond donors (Lipinski definition) is 2. The molecule has 2 N–H and O–H groups in total. The lowest BCUT2D eigenvalue weighted by Gasteiger charge is -2.26. The van der Waals surface area contributed by atoms with Crippen LogP contribution in [0.5, 0.6) is 0 Å². The highest BCUT2D eigenvalue weighted by Crippen LogP contribution is 2.39. The van der Waals surface area contributed by atoms with Crippen molar-refractivity contribution in [1.29, 1.82) is 0 Å². The zero-order valence-electron chi connectivity index (χ0n) is 23.2. The van der Waals surface area contributed by atoms with Gasteiger partial charge in [0.1, 0.15) is 0 Å². The molecule has 0 radical (unpaired) electrons. The lowest BCUT2D eigenvalue weighted by atomic mass is 10.0. The molecule has 0 saturated heterocycles. The minimum atomic E-state index is -4.41. The Morgan fingerprint density at radius 1 is 0.676 bits per heavy atom. The first-order valence-electron chi connectivity index (χ1n) is 14.3. The molecule has 204 valence electrons. The Kier molecular flexibility index (Phi) is 21.9. The van der Waals surface area contributed by atoms with Crippen LogP contribution in [0.3, 0.4) is 0 Å². The van der Waals surface area contributed by atoms with Crippen molar-refractivity contribution in [2.24, 2.45) is 0 Å². The van der Waals surface area contributed by atoms with Gasteiger partial charge in [-0.25, -0.2) is 4.57 Å². The number of quaternary nitrogens is 1. The molecular formula is C28H59NO4P+. The normalized spacial score (nSPS) is 13.7. The van der Waals surface area contributed by atoms with E-state index in [9.17, 15) is 4.57 Å². The molecule has 0 aliphatic heterocycles. The molecule has 0 fully saturated rings. The summed E-state index contributed by atoms with van der Waals surface area (Å²) in [5.74, 6) is 0. The van der Waals surface area contributed by atoms with Gasteiger partial charge in [0.05, 0.1) is 33.8 Å². The van der Waals surface area contributed by atoms with Gasteiger partial charge in [-0.1, -0.05) is 109 Å². The molecule has 0 bridgehead atoms. The molecular weight excluding hydrogens is 445 g/mol. The van der Waals surface area contributed by atoms with E-state index >= 15 is 0 Å². The number of nitrogens with zero attached hydrogens (tertiary/aromatic N) is 1. The van der Waals surface area contributed by atoms with Gasteiger partial charge in [-0.3, -0.25) is 4.52 Å². The quantitative estimate of drug-likeness (QED) is 0.0565. The van der Waals surface area contributed by atoms with Gasteiger partial charge in [-0.05, 0) is 32.1 Å². The summed E-state index contributed by atoms with van der Waals surface area (Å²) in [5.41, 5.74) is 0. The molecule has 6 heteroatoms. The summed E-state index contributed by atoms with van der Waals surface area (Å²) in [7, 11) is 1.85. The SMILES string of the molecule is CCCCCCCC/C=C\CCCCCCCCCCCCC(CC[N+](C)(C)C)OP(=O)(O)O. The van der Waals surface area contributed by atoms with Crippen LogP contribution in [-0.4, -0.2) is 48.1 Å². The summed E-state index contributed by atoms with van der Waals surface area (Å²) in [6.45, 7) is 3.12. The maximum atomic E-state index is 11.2. The van der Waals surface area contributed by atoms with Gasteiger partial charge in [0.25, 0.3) is 0 Å². The Bertz CT molecular complexity index is 513. The second kappa shape index (κ2) is 22.0. The number of hydrogen-bond acceptors (Lipinski definition) is 2. The van der Waals surface area contributed by atoms with Crippen LogP contribution in [-0.2, 0) is 9.09 Å². The fourth-order valence-electron chi connectivity index (χ4n) is 4.30. The second-order valence-corrected chi connectivity index (χ2v) is 12.4. The van der Waals surface area contributed by atoms with E-state index in [1.807, 2.05) is 0 Å². The Balaban J connectivity index is 3.51. The number of phosphoric acid groups is 1. The Morgan fingerprint density at radius 2 is 1.09 bits per heavy atom. The molecule has 0 heterocycles. The van der Waals surface area contributed by atoms with Gasteiger partial charge in [-0.15, -0.1) is 0 Å². The van der Waals surface area contributed by atoms with Crippen LogP contribution in [0.4, 0.5) is 0 Å². The molecule has 34 heavy (non-hydrogen) atoms. The molecule has 0 saturated carbocycles. The molecule has 1 unspecified atom stereocenters. The van der Waals surface area contributed by atoms with Crippen LogP contribution < -0.4 is 0 Å². The van der Waals surface area contributed by atoms with Gasteiger partial charge in [0, 0.05) is 6.42 Å². The fourth-order valence-corrected chi connectivity index (χ4v) is 4.90. The molecule has 0 aromatic carbocycles. The van der Waals surface area contributed by atoms with E-state index in [0.29, 0.717) is 6.42 Å². The zero-order chi connectivity index (χ0) is 25.5. The summed E-state index contributed by atoms with van der Waals surface area (Å²) in [5, 5.41) is 0. The number of unbranched alkanes of at least 4 members (excludes halogenated alkanes) is 16. The number of rotatable bonds is 25. The lowest BCUT2D eigenvalue weighted by molar-refractivity contribution is -0.870. The molecule has 0 aromatic rings. The molecule has 5 nitrogen and oxygen atoms in total. The molecule has 0 aliphatic carbocycles. The van der Waals surface area contributed by atoms with E-state index < -0.39 is 7.82 Å². The van der Waals surface area contributed by atoms with E-state index in [0.717, 1.165) is 30.3 Å². The van der Waals surface area contributed by atoms with Gasteiger partial charge in [-0.2, -0.15) is 0 Å².